The normalized spacial score (nSPS) is 18.9. The number of aromatic nitrogens is 1. The summed E-state index contributed by atoms with van der Waals surface area (Å²) in [5.41, 5.74) is 1.55. The van der Waals surface area contributed by atoms with Crippen LogP contribution in [-0.2, 0) is 0 Å². The molecule has 0 bridgehead atoms. The van der Waals surface area contributed by atoms with Gasteiger partial charge in [-0.3, -0.25) is 0 Å². The minimum Gasteiger partial charge on any atom is -0.359 e. The van der Waals surface area contributed by atoms with E-state index in [1.54, 1.807) is 17.0 Å². The van der Waals surface area contributed by atoms with Crippen molar-refractivity contribution in [3.8, 4) is 0 Å². The molecule has 0 unspecified atom stereocenters. The number of nitrogens with zero attached hydrogens (tertiary/aromatic N) is 2. The molecule has 0 radical (unpaired) electrons. The third-order valence-corrected chi connectivity index (χ3v) is 4.18. The van der Waals surface area contributed by atoms with Crippen LogP contribution in [0, 0.1) is 12.7 Å². The number of carbonyl (C=O) groups is 1. The number of benzene rings is 1. The Labute approximate surface area is 134 Å². The minimum atomic E-state index is -0.306. The number of carbonyl (C=O) groups excluding carboxylic acids is 1. The molecule has 23 heavy (non-hydrogen) atoms. The molecule has 0 aliphatic carbocycles. The summed E-state index contributed by atoms with van der Waals surface area (Å²) in [6.07, 6.45) is 1.78. The van der Waals surface area contributed by atoms with Crippen LogP contribution in [0.5, 0.6) is 0 Å². The summed E-state index contributed by atoms with van der Waals surface area (Å²) in [5.74, 6) is 0.411. The van der Waals surface area contributed by atoms with Crippen molar-refractivity contribution in [2.45, 2.75) is 38.8 Å². The van der Waals surface area contributed by atoms with Crippen LogP contribution in [-0.4, -0.2) is 22.6 Å². The first kappa shape index (κ1) is 15.5. The van der Waals surface area contributed by atoms with Crippen molar-refractivity contribution in [3.63, 3.8) is 0 Å². The minimum absolute atomic E-state index is 0.0871. The molecule has 1 N–H and O–H groups in total. The zero-order valence-electron chi connectivity index (χ0n) is 13.3. The van der Waals surface area contributed by atoms with E-state index in [1.165, 1.54) is 12.1 Å². The molecule has 1 aromatic heterocycles. The van der Waals surface area contributed by atoms with Gasteiger partial charge in [0, 0.05) is 12.6 Å². The summed E-state index contributed by atoms with van der Waals surface area (Å²) < 4.78 is 18.6. The maximum atomic E-state index is 13.3. The van der Waals surface area contributed by atoms with Crippen LogP contribution in [0.3, 0.4) is 0 Å². The molecular formula is C17H20FN3O2. The fourth-order valence-electron chi connectivity index (χ4n) is 2.97. The molecule has 5 nitrogen and oxygen atoms in total. The molecule has 1 aliphatic heterocycles. The summed E-state index contributed by atoms with van der Waals surface area (Å²) >= 11 is 0. The van der Waals surface area contributed by atoms with Gasteiger partial charge in [0.15, 0.2) is 5.76 Å². The van der Waals surface area contributed by atoms with Gasteiger partial charge in [-0.15, -0.1) is 0 Å². The van der Waals surface area contributed by atoms with Gasteiger partial charge in [0.25, 0.3) is 0 Å². The van der Waals surface area contributed by atoms with Gasteiger partial charge in [-0.2, -0.15) is 0 Å². The number of halogens is 1. The summed E-state index contributed by atoms with van der Waals surface area (Å²) in [6.45, 7) is 4.38. The highest BCUT2D eigenvalue weighted by Gasteiger charge is 2.33. The Morgan fingerprint density at radius 1 is 1.48 bits per heavy atom. The monoisotopic (exact) mass is 317 g/mol. The summed E-state index contributed by atoms with van der Waals surface area (Å²) in [7, 11) is 0. The third kappa shape index (κ3) is 3.36. The maximum Gasteiger partial charge on any atom is 0.318 e. The van der Waals surface area contributed by atoms with E-state index in [0.717, 1.165) is 24.1 Å². The Morgan fingerprint density at radius 2 is 2.30 bits per heavy atom. The summed E-state index contributed by atoms with van der Waals surface area (Å²) in [4.78, 5) is 14.3. The van der Waals surface area contributed by atoms with E-state index in [1.807, 2.05) is 19.9 Å². The molecule has 0 spiro atoms. The van der Waals surface area contributed by atoms with Crippen molar-refractivity contribution in [1.29, 1.82) is 0 Å². The van der Waals surface area contributed by atoms with Gasteiger partial charge >= 0.3 is 6.03 Å². The first-order valence-corrected chi connectivity index (χ1v) is 7.80. The number of hydrogen-bond donors (Lipinski definition) is 1. The Kier molecular flexibility index (Phi) is 4.32. The molecule has 1 fully saturated rings. The van der Waals surface area contributed by atoms with Crippen molar-refractivity contribution >= 4 is 6.03 Å². The lowest BCUT2D eigenvalue weighted by Gasteiger charge is -2.25. The Balaban J connectivity index is 1.69. The zero-order valence-corrected chi connectivity index (χ0v) is 13.3. The topological polar surface area (TPSA) is 58.4 Å². The number of hydrogen-bond acceptors (Lipinski definition) is 3. The van der Waals surface area contributed by atoms with Gasteiger partial charge in [-0.25, -0.2) is 9.18 Å². The maximum absolute atomic E-state index is 13.3. The third-order valence-electron chi connectivity index (χ3n) is 4.18. The van der Waals surface area contributed by atoms with Gasteiger partial charge < -0.3 is 14.7 Å². The van der Waals surface area contributed by atoms with Crippen LogP contribution in [0.25, 0.3) is 0 Å². The van der Waals surface area contributed by atoms with Crippen LogP contribution in [0.1, 0.15) is 48.9 Å². The molecule has 6 heteroatoms. The number of rotatable bonds is 3. The van der Waals surface area contributed by atoms with Crippen LogP contribution < -0.4 is 5.32 Å². The lowest BCUT2D eigenvalue weighted by molar-refractivity contribution is 0.179. The highest BCUT2D eigenvalue weighted by Crippen LogP contribution is 2.32. The second-order valence-electron chi connectivity index (χ2n) is 5.95. The van der Waals surface area contributed by atoms with Crippen LogP contribution in [0.2, 0.25) is 0 Å². The predicted octanol–water partition coefficient (Wildman–Crippen LogP) is 3.73. The quantitative estimate of drug-likeness (QED) is 0.938. The van der Waals surface area contributed by atoms with E-state index in [4.69, 9.17) is 4.52 Å². The molecule has 2 atom stereocenters. The molecule has 1 aliphatic rings. The highest BCUT2D eigenvalue weighted by molar-refractivity contribution is 5.75. The standard InChI is InChI=1S/C17H20FN3O2/c1-11-9-16(23-20-11)15-7-4-8-21(15)17(22)19-12(2)13-5-3-6-14(18)10-13/h3,5-6,9-10,12,15H,4,7-8H2,1-2H3,(H,19,22)/t12-,15+/m1/s1. The Bertz CT molecular complexity index is 701. The van der Waals surface area contributed by atoms with Gasteiger partial charge in [0.1, 0.15) is 5.82 Å². The van der Waals surface area contributed by atoms with Crippen LogP contribution in [0.4, 0.5) is 9.18 Å². The SMILES string of the molecule is Cc1cc([C@@H]2CCCN2C(=O)N[C@H](C)c2cccc(F)c2)on1. The lowest BCUT2D eigenvalue weighted by Crippen LogP contribution is -2.40. The fourth-order valence-corrected chi connectivity index (χ4v) is 2.97. The van der Waals surface area contributed by atoms with E-state index < -0.39 is 0 Å². The van der Waals surface area contributed by atoms with E-state index in [2.05, 4.69) is 10.5 Å². The second-order valence-corrected chi connectivity index (χ2v) is 5.95. The second kappa shape index (κ2) is 6.40. The van der Waals surface area contributed by atoms with Crippen LogP contribution in [0.15, 0.2) is 34.9 Å². The van der Waals surface area contributed by atoms with Gasteiger partial charge in [0.05, 0.1) is 17.8 Å². The number of urea groups is 1. The Hall–Kier alpha value is -2.37. The smallest absolute Gasteiger partial charge is 0.318 e. The van der Waals surface area contributed by atoms with E-state index in [9.17, 15) is 9.18 Å². The van der Waals surface area contributed by atoms with Crippen molar-refractivity contribution in [2.75, 3.05) is 6.54 Å². The molecule has 2 aromatic rings. The lowest BCUT2D eigenvalue weighted by atomic mass is 10.1. The largest absolute Gasteiger partial charge is 0.359 e. The first-order valence-electron chi connectivity index (χ1n) is 7.80. The van der Waals surface area contributed by atoms with Crippen molar-refractivity contribution in [3.05, 3.63) is 53.2 Å². The Morgan fingerprint density at radius 3 is 3.00 bits per heavy atom. The fraction of sp³-hybridized carbons (Fsp3) is 0.412. The number of amides is 2. The van der Waals surface area contributed by atoms with E-state index in [-0.39, 0.29) is 23.9 Å². The molecule has 0 saturated carbocycles. The molecular weight excluding hydrogens is 297 g/mol. The molecule has 3 rings (SSSR count). The number of nitrogens with one attached hydrogen (secondary N) is 1. The zero-order chi connectivity index (χ0) is 16.4. The number of aryl methyl sites for hydroxylation is 1. The highest BCUT2D eigenvalue weighted by atomic mass is 19.1. The first-order chi connectivity index (χ1) is 11.0. The molecule has 1 aromatic carbocycles. The van der Waals surface area contributed by atoms with Gasteiger partial charge in [0.2, 0.25) is 0 Å². The predicted molar refractivity (Wildman–Crippen MR) is 83.3 cm³/mol. The van der Waals surface area contributed by atoms with E-state index >= 15 is 0 Å². The van der Waals surface area contributed by atoms with Gasteiger partial charge in [-0.1, -0.05) is 17.3 Å². The average molecular weight is 317 g/mol. The van der Waals surface area contributed by atoms with Crippen molar-refractivity contribution in [2.24, 2.45) is 0 Å². The molecule has 2 amide bonds. The number of likely N-dealkylation sites (tertiary alicyclic amines) is 1. The molecule has 122 valence electrons. The van der Waals surface area contributed by atoms with Gasteiger partial charge in [-0.05, 0) is 44.4 Å². The molecule has 2 heterocycles. The summed E-state index contributed by atoms with van der Waals surface area (Å²) in [5, 5.41) is 6.83. The van der Waals surface area contributed by atoms with Crippen molar-refractivity contribution in [1.82, 2.24) is 15.4 Å². The average Bonchev–Trinajstić information content (AvgIpc) is 3.15. The molecule has 1 saturated heterocycles. The van der Waals surface area contributed by atoms with Crippen LogP contribution >= 0.6 is 0 Å². The summed E-state index contributed by atoms with van der Waals surface area (Å²) in [6, 6.07) is 7.61. The van der Waals surface area contributed by atoms with E-state index in [0.29, 0.717) is 12.3 Å². The van der Waals surface area contributed by atoms with Crippen molar-refractivity contribution < 1.29 is 13.7 Å².